The summed E-state index contributed by atoms with van der Waals surface area (Å²) in [7, 11) is 0. The first kappa shape index (κ1) is 13.7. The average Bonchev–Trinajstić information content (AvgIpc) is 2.50. The number of aromatic nitrogens is 1. The van der Waals surface area contributed by atoms with Gasteiger partial charge < -0.3 is 5.11 Å². The van der Waals surface area contributed by atoms with Gasteiger partial charge in [-0.3, -0.25) is 9.78 Å². The second-order valence-electron chi connectivity index (χ2n) is 4.14. The highest BCUT2D eigenvalue weighted by Crippen LogP contribution is 2.11. The highest BCUT2D eigenvalue weighted by atomic mass is 16.3. The third-order valence-corrected chi connectivity index (χ3v) is 2.75. The Morgan fingerprint density at radius 1 is 1.25 bits per heavy atom. The van der Waals surface area contributed by atoms with Gasteiger partial charge in [0.2, 0.25) is 0 Å². The maximum absolute atomic E-state index is 11.9. The molecule has 20 heavy (non-hydrogen) atoms. The summed E-state index contributed by atoms with van der Waals surface area (Å²) in [5.41, 5.74) is 4.56. The number of hydrogen-bond donors (Lipinski definition) is 2. The Hall–Kier alpha value is -2.69. The van der Waals surface area contributed by atoms with Crippen LogP contribution in [0.25, 0.3) is 0 Å². The molecule has 2 rings (SSSR count). The molecule has 1 amide bonds. The molecule has 0 atom stereocenters. The van der Waals surface area contributed by atoms with Crippen LogP contribution in [0.4, 0.5) is 0 Å². The quantitative estimate of drug-likeness (QED) is 0.660. The summed E-state index contributed by atoms with van der Waals surface area (Å²) in [6, 6.07) is 10.1. The Labute approximate surface area is 117 Å². The Morgan fingerprint density at radius 2 is 2.00 bits per heavy atom. The van der Waals surface area contributed by atoms with Crippen molar-refractivity contribution >= 4 is 11.6 Å². The molecular formula is C15H15N3O2. The van der Waals surface area contributed by atoms with E-state index in [9.17, 15) is 9.90 Å². The zero-order valence-corrected chi connectivity index (χ0v) is 11.1. The highest BCUT2D eigenvalue weighted by Gasteiger charge is 2.06. The van der Waals surface area contributed by atoms with Crippen LogP contribution in [0.5, 0.6) is 5.75 Å². The van der Waals surface area contributed by atoms with Crippen LogP contribution in [0, 0.1) is 0 Å². The van der Waals surface area contributed by atoms with E-state index >= 15 is 0 Å². The molecule has 0 aliphatic rings. The maximum Gasteiger partial charge on any atom is 0.272 e. The van der Waals surface area contributed by atoms with Gasteiger partial charge in [0.25, 0.3) is 5.91 Å². The van der Waals surface area contributed by atoms with Gasteiger partial charge in [0.05, 0.1) is 11.3 Å². The van der Waals surface area contributed by atoms with E-state index in [1.165, 1.54) is 6.20 Å². The number of nitrogens with one attached hydrogen (secondary N) is 1. The number of rotatable bonds is 4. The number of phenolic OH excluding ortho intramolecular Hbond substituents is 1. The van der Waals surface area contributed by atoms with Crippen molar-refractivity contribution in [3.8, 4) is 5.75 Å². The molecule has 0 radical (unpaired) electrons. The van der Waals surface area contributed by atoms with Gasteiger partial charge in [0, 0.05) is 12.4 Å². The number of carbonyl (C=O) groups is 1. The number of amides is 1. The van der Waals surface area contributed by atoms with Gasteiger partial charge in [-0.15, -0.1) is 0 Å². The van der Waals surface area contributed by atoms with E-state index in [2.05, 4.69) is 15.5 Å². The fourth-order valence-corrected chi connectivity index (χ4v) is 1.68. The van der Waals surface area contributed by atoms with E-state index in [4.69, 9.17) is 0 Å². The molecule has 0 saturated heterocycles. The second-order valence-corrected chi connectivity index (χ2v) is 4.14. The average molecular weight is 269 g/mol. The first-order valence-electron chi connectivity index (χ1n) is 6.27. The smallest absolute Gasteiger partial charge is 0.272 e. The van der Waals surface area contributed by atoms with Crippen molar-refractivity contribution in [2.45, 2.75) is 13.3 Å². The standard InChI is InChI=1S/C15H15N3O2/c1-2-14(11-5-7-13(19)8-6-11)17-18-15(20)12-4-3-9-16-10-12/h3-10,19H,2H2,1H3,(H,18,20). The number of carbonyl (C=O) groups excluding carboxylic acids is 1. The van der Waals surface area contributed by atoms with Crippen LogP contribution >= 0.6 is 0 Å². The lowest BCUT2D eigenvalue weighted by atomic mass is 10.1. The van der Waals surface area contributed by atoms with Crippen LogP contribution in [0.1, 0.15) is 29.3 Å². The molecule has 0 aliphatic carbocycles. The predicted molar refractivity (Wildman–Crippen MR) is 76.6 cm³/mol. The molecule has 0 bridgehead atoms. The van der Waals surface area contributed by atoms with Crippen molar-refractivity contribution in [1.29, 1.82) is 0 Å². The number of hydrogen-bond acceptors (Lipinski definition) is 4. The normalized spacial score (nSPS) is 11.2. The lowest BCUT2D eigenvalue weighted by Crippen LogP contribution is -2.20. The lowest BCUT2D eigenvalue weighted by Gasteiger charge is -2.05. The first-order valence-corrected chi connectivity index (χ1v) is 6.27. The number of aromatic hydroxyl groups is 1. The molecule has 2 N–H and O–H groups in total. The van der Waals surface area contributed by atoms with Gasteiger partial charge in [-0.05, 0) is 48.4 Å². The zero-order valence-electron chi connectivity index (χ0n) is 11.1. The number of benzene rings is 1. The summed E-state index contributed by atoms with van der Waals surface area (Å²) < 4.78 is 0. The molecule has 0 spiro atoms. The Morgan fingerprint density at radius 3 is 2.60 bits per heavy atom. The lowest BCUT2D eigenvalue weighted by molar-refractivity contribution is 0.0954. The molecule has 5 heteroatoms. The summed E-state index contributed by atoms with van der Waals surface area (Å²) in [6.07, 6.45) is 3.75. The summed E-state index contributed by atoms with van der Waals surface area (Å²) in [5, 5.41) is 13.4. The molecule has 0 saturated carbocycles. The van der Waals surface area contributed by atoms with Crippen molar-refractivity contribution in [3.05, 3.63) is 59.9 Å². The van der Waals surface area contributed by atoms with Crippen molar-refractivity contribution in [1.82, 2.24) is 10.4 Å². The molecule has 5 nitrogen and oxygen atoms in total. The molecular weight excluding hydrogens is 254 g/mol. The monoisotopic (exact) mass is 269 g/mol. The minimum Gasteiger partial charge on any atom is -0.508 e. The second kappa shape index (κ2) is 6.47. The van der Waals surface area contributed by atoms with Crippen LogP contribution < -0.4 is 5.43 Å². The molecule has 0 fully saturated rings. The van der Waals surface area contributed by atoms with Gasteiger partial charge in [0.1, 0.15) is 5.75 Å². The number of hydrazone groups is 1. The SMILES string of the molecule is CCC(=NNC(=O)c1cccnc1)c1ccc(O)cc1. The third-order valence-electron chi connectivity index (χ3n) is 2.75. The first-order chi connectivity index (χ1) is 9.70. The van der Waals surface area contributed by atoms with Crippen LogP contribution in [0.2, 0.25) is 0 Å². The molecule has 1 aromatic carbocycles. The predicted octanol–water partition coefficient (Wildman–Crippen LogP) is 2.33. The maximum atomic E-state index is 11.9. The van der Waals surface area contributed by atoms with Gasteiger partial charge in [-0.1, -0.05) is 6.92 Å². The van der Waals surface area contributed by atoms with Crippen LogP contribution in [0.3, 0.4) is 0 Å². The molecule has 1 heterocycles. The van der Waals surface area contributed by atoms with Crippen LogP contribution in [-0.2, 0) is 0 Å². The fourth-order valence-electron chi connectivity index (χ4n) is 1.68. The van der Waals surface area contributed by atoms with Crippen LogP contribution in [-0.4, -0.2) is 21.7 Å². The molecule has 102 valence electrons. The summed E-state index contributed by atoms with van der Waals surface area (Å²) in [5.74, 6) is -0.105. The fraction of sp³-hybridized carbons (Fsp3) is 0.133. The third kappa shape index (κ3) is 3.41. The van der Waals surface area contributed by atoms with Gasteiger partial charge >= 0.3 is 0 Å². The van der Waals surface area contributed by atoms with E-state index in [0.29, 0.717) is 12.0 Å². The van der Waals surface area contributed by atoms with Gasteiger partial charge in [-0.2, -0.15) is 5.10 Å². The van der Waals surface area contributed by atoms with E-state index in [-0.39, 0.29) is 11.7 Å². The van der Waals surface area contributed by atoms with Crippen molar-refractivity contribution < 1.29 is 9.90 Å². The van der Waals surface area contributed by atoms with Crippen molar-refractivity contribution in [2.24, 2.45) is 5.10 Å². The Bertz CT molecular complexity index is 607. The highest BCUT2D eigenvalue weighted by molar-refractivity contribution is 6.02. The molecule has 0 aliphatic heterocycles. The minimum atomic E-state index is -0.303. The minimum absolute atomic E-state index is 0.198. The Balaban J connectivity index is 2.12. The number of nitrogens with zero attached hydrogens (tertiary/aromatic N) is 2. The summed E-state index contributed by atoms with van der Waals surface area (Å²) in [4.78, 5) is 15.7. The van der Waals surface area contributed by atoms with E-state index in [1.54, 1.807) is 42.6 Å². The summed E-state index contributed by atoms with van der Waals surface area (Å²) in [6.45, 7) is 1.95. The van der Waals surface area contributed by atoms with Crippen LogP contribution in [0.15, 0.2) is 53.9 Å². The zero-order chi connectivity index (χ0) is 14.4. The molecule has 0 unspecified atom stereocenters. The molecule has 2 aromatic rings. The van der Waals surface area contributed by atoms with Gasteiger partial charge in [0.15, 0.2) is 0 Å². The Kier molecular flexibility index (Phi) is 4.44. The summed E-state index contributed by atoms with van der Waals surface area (Å²) >= 11 is 0. The van der Waals surface area contributed by atoms with E-state index in [1.807, 2.05) is 6.92 Å². The van der Waals surface area contributed by atoms with E-state index < -0.39 is 0 Å². The molecule has 1 aromatic heterocycles. The van der Waals surface area contributed by atoms with Crippen molar-refractivity contribution in [3.63, 3.8) is 0 Å². The topological polar surface area (TPSA) is 74.6 Å². The number of phenols is 1. The van der Waals surface area contributed by atoms with Gasteiger partial charge in [-0.25, -0.2) is 5.43 Å². The number of pyridine rings is 1. The van der Waals surface area contributed by atoms with Crippen molar-refractivity contribution in [2.75, 3.05) is 0 Å². The van der Waals surface area contributed by atoms with E-state index in [0.717, 1.165) is 11.3 Å². The largest absolute Gasteiger partial charge is 0.508 e.